The van der Waals surface area contributed by atoms with E-state index in [9.17, 15) is 14.0 Å². The summed E-state index contributed by atoms with van der Waals surface area (Å²) < 4.78 is 21.2. The predicted molar refractivity (Wildman–Crippen MR) is 115 cm³/mol. The van der Waals surface area contributed by atoms with E-state index in [1.165, 1.54) is 23.9 Å². The first-order chi connectivity index (χ1) is 14.9. The van der Waals surface area contributed by atoms with Crippen LogP contribution in [0.15, 0.2) is 29.4 Å². The summed E-state index contributed by atoms with van der Waals surface area (Å²) in [7, 11) is 0. The Morgan fingerprint density at radius 2 is 1.94 bits per heavy atom. The molecule has 10 heteroatoms. The molecule has 2 heterocycles. The summed E-state index contributed by atoms with van der Waals surface area (Å²) in [4.78, 5) is 26.9. The van der Waals surface area contributed by atoms with Gasteiger partial charge in [0.15, 0.2) is 11.0 Å². The number of nitrogens with one attached hydrogen (secondary N) is 1. The summed E-state index contributed by atoms with van der Waals surface area (Å²) in [5, 5.41) is 12.1. The number of carbonyl (C=O) groups excluding carboxylic acids is 2. The van der Waals surface area contributed by atoms with Crippen LogP contribution < -0.4 is 5.32 Å². The number of morpholine rings is 1. The highest BCUT2D eigenvalue weighted by Gasteiger charge is 2.27. The van der Waals surface area contributed by atoms with Crippen molar-refractivity contribution in [1.82, 2.24) is 25.0 Å². The lowest BCUT2D eigenvalue weighted by molar-refractivity contribution is -0.132. The van der Waals surface area contributed by atoms with Gasteiger partial charge in [-0.3, -0.25) is 9.59 Å². The van der Waals surface area contributed by atoms with Crippen LogP contribution >= 0.6 is 11.8 Å². The van der Waals surface area contributed by atoms with E-state index in [0.717, 1.165) is 0 Å². The number of amides is 2. The van der Waals surface area contributed by atoms with Gasteiger partial charge in [0.05, 0.1) is 30.6 Å². The Morgan fingerprint density at radius 1 is 1.23 bits per heavy atom. The number of halogens is 1. The van der Waals surface area contributed by atoms with Crippen molar-refractivity contribution in [2.24, 2.45) is 5.92 Å². The largest absolute Gasteiger partial charge is 0.378 e. The Balaban J connectivity index is 1.73. The fourth-order valence-electron chi connectivity index (χ4n) is 3.36. The molecule has 8 nitrogen and oxygen atoms in total. The van der Waals surface area contributed by atoms with E-state index < -0.39 is 17.8 Å². The molecule has 2 aromatic rings. The maximum absolute atomic E-state index is 14.0. The maximum Gasteiger partial charge on any atom is 0.254 e. The minimum Gasteiger partial charge on any atom is -0.378 e. The normalized spacial score (nSPS) is 15.2. The van der Waals surface area contributed by atoms with Crippen molar-refractivity contribution < 1.29 is 18.7 Å². The van der Waals surface area contributed by atoms with Crippen molar-refractivity contribution in [2.75, 3.05) is 32.1 Å². The molecule has 3 rings (SSSR count). The van der Waals surface area contributed by atoms with Crippen LogP contribution in [0.5, 0.6) is 0 Å². The highest BCUT2D eigenvalue weighted by atomic mass is 32.2. The van der Waals surface area contributed by atoms with Crippen LogP contribution in [0, 0.1) is 11.7 Å². The molecular weight excluding hydrogens is 421 g/mol. The second-order valence-corrected chi connectivity index (χ2v) is 8.48. The van der Waals surface area contributed by atoms with E-state index >= 15 is 0 Å². The van der Waals surface area contributed by atoms with Gasteiger partial charge >= 0.3 is 0 Å². The molecule has 1 aromatic carbocycles. The summed E-state index contributed by atoms with van der Waals surface area (Å²) in [5.41, 5.74) is -0.0126. The number of nitrogens with zero attached hydrogens (tertiary/aromatic N) is 4. The van der Waals surface area contributed by atoms with Crippen LogP contribution in [0.4, 0.5) is 4.39 Å². The number of thioether (sulfide) groups is 1. The molecule has 0 saturated carbocycles. The third kappa shape index (κ3) is 5.62. The molecule has 1 aromatic heterocycles. The van der Waals surface area contributed by atoms with Crippen molar-refractivity contribution in [2.45, 2.75) is 38.5 Å². The molecule has 1 fully saturated rings. The molecular formula is C21H28FN5O3S. The number of rotatable bonds is 8. The lowest BCUT2D eigenvalue weighted by atomic mass is 10.0. The van der Waals surface area contributed by atoms with Crippen LogP contribution in [0.25, 0.3) is 0 Å². The van der Waals surface area contributed by atoms with Crippen molar-refractivity contribution in [1.29, 1.82) is 0 Å². The van der Waals surface area contributed by atoms with Crippen LogP contribution in [0.3, 0.4) is 0 Å². The molecule has 0 unspecified atom stereocenters. The highest BCUT2D eigenvalue weighted by molar-refractivity contribution is 7.99. The second-order valence-electron chi connectivity index (χ2n) is 7.54. The topological polar surface area (TPSA) is 89.3 Å². The van der Waals surface area contributed by atoms with Gasteiger partial charge in [0, 0.05) is 19.6 Å². The summed E-state index contributed by atoms with van der Waals surface area (Å²) >= 11 is 1.33. The molecule has 1 saturated heterocycles. The zero-order valence-electron chi connectivity index (χ0n) is 18.0. The quantitative estimate of drug-likeness (QED) is 0.623. The molecule has 1 aliphatic heterocycles. The van der Waals surface area contributed by atoms with E-state index in [-0.39, 0.29) is 23.1 Å². The average molecular weight is 450 g/mol. The lowest BCUT2D eigenvalue weighted by Crippen LogP contribution is -2.41. The van der Waals surface area contributed by atoms with Crippen molar-refractivity contribution in [3.05, 3.63) is 41.5 Å². The van der Waals surface area contributed by atoms with Crippen molar-refractivity contribution >= 4 is 23.6 Å². The molecule has 31 heavy (non-hydrogen) atoms. The van der Waals surface area contributed by atoms with Crippen LogP contribution in [-0.2, 0) is 16.1 Å². The highest BCUT2D eigenvalue weighted by Crippen LogP contribution is 2.26. The monoisotopic (exact) mass is 449 g/mol. The number of carbonyl (C=O) groups is 2. The smallest absolute Gasteiger partial charge is 0.254 e. The van der Waals surface area contributed by atoms with E-state index in [4.69, 9.17) is 4.74 Å². The van der Waals surface area contributed by atoms with E-state index in [1.54, 1.807) is 17.0 Å². The van der Waals surface area contributed by atoms with Crippen LogP contribution in [0.2, 0.25) is 0 Å². The molecule has 0 radical (unpaired) electrons. The average Bonchev–Trinajstić information content (AvgIpc) is 3.18. The fraction of sp³-hybridized carbons (Fsp3) is 0.524. The molecule has 0 bridgehead atoms. The number of aromatic nitrogens is 3. The van der Waals surface area contributed by atoms with Crippen molar-refractivity contribution in [3.8, 4) is 0 Å². The van der Waals surface area contributed by atoms with E-state index in [0.29, 0.717) is 43.8 Å². The first-order valence-electron chi connectivity index (χ1n) is 10.4. The molecule has 1 atom stereocenters. The Labute approximate surface area is 185 Å². The van der Waals surface area contributed by atoms with Gasteiger partial charge in [-0.05, 0) is 25.0 Å². The molecule has 1 aliphatic rings. The lowest BCUT2D eigenvalue weighted by Gasteiger charge is -2.26. The Kier molecular flexibility index (Phi) is 8.03. The molecule has 0 aliphatic carbocycles. The molecule has 1 N–H and O–H groups in total. The van der Waals surface area contributed by atoms with E-state index in [1.807, 2.05) is 25.3 Å². The van der Waals surface area contributed by atoms with Gasteiger partial charge in [0.1, 0.15) is 5.82 Å². The summed E-state index contributed by atoms with van der Waals surface area (Å²) in [6, 6.07) is 5.42. The third-order valence-corrected chi connectivity index (χ3v) is 6.05. The third-order valence-electron chi connectivity index (χ3n) is 5.10. The van der Waals surface area contributed by atoms with Gasteiger partial charge in [-0.1, -0.05) is 37.7 Å². The molecule has 2 amide bonds. The summed E-state index contributed by atoms with van der Waals surface area (Å²) in [6.45, 7) is 8.76. The Morgan fingerprint density at radius 3 is 2.58 bits per heavy atom. The van der Waals surface area contributed by atoms with Gasteiger partial charge in [-0.15, -0.1) is 10.2 Å². The zero-order chi connectivity index (χ0) is 22.4. The van der Waals surface area contributed by atoms with Gasteiger partial charge in [-0.2, -0.15) is 0 Å². The first kappa shape index (κ1) is 23.2. The fourth-order valence-corrected chi connectivity index (χ4v) is 4.27. The van der Waals surface area contributed by atoms with Crippen LogP contribution in [-0.4, -0.2) is 63.5 Å². The van der Waals surface area contributed by atoms with Gasteiger partial charge in [-0.25, -0.2) is 4.39 Å². The summed E-state index contributed by atoms with van der Waals surface area (Å²) in [5.74, 6) is -0.196. The van der Waals surface area contributed by atoms with Gasteiger partial charge in [0.25, 0.3) is 5.91 Å². The number of benzene rings is 1. The zero-order valence-corrected chi connectivity index (χ0v) is 18.8. The number of ether oxygens (including phenoxy) is 1. The minimum atomic E-state index is -0.572. The maximum atomic E-state index is 14.0. The van der Waals surface area contributed by atoms with Gasteiger partial charge in [0.2, 0.25) is 5.91 Å². The van der Waals surface area contributed by atoms with Gasteiger partial charge < -0.3 is 19.5 Å². The van der Waals surface area contributed by atoms with Crippen molar-refractivity contribution in [3.63, 3.8) is 0 Å². The minimum absolute atomic E-state index is 0.00180. The molecule has 0 spiro atoms. The number of hydrogen-bond acceptors (Lipinski definition) is 6. The van der Waals surface area contributed by atoms with Crippen LogP contribution in [0.1, 0.15) is 43.0 Å². The Bertz CT molecular complexity index is 914. The number of hydrogen-bond donors (Lipinski definition) is 1. The standard InChI is InChI=1S/C21H28FN5O3S/c1-4-27-19(18(14(2)3)23-20(29)15-7-5-6-8-16(15)22)24-25-21(27)31-13-17(28)26-9-11-30-12-10-26/h5-8,14,18H,4,9-13H2,1-3H3,(H,23,29)/t18-/m1/s1. The SMILES string of the molecule is CCn1c(SCC(=O)N2CCOCC2)nnc1[C@H](NC(=O)c1ccccc1F)C(C)C. The predicted octanol–water partition coefficient (Wildman–Crippen LogP) is 2.52. The summed E-state index contributed by atoms with van der Waals surface area (Å²) in [6.07, 6.45) is 0. The second kappa shape index (κ2) is 10.7. The molecule has 168 valence electrons. The first-order valence-corrected chi connectivity index (χ1v) is 11.4. The Hall–Kier alpha value is -2.46. The van der Waals surface area contributed by atoms with E-state index in [2.05, 4.69) is 15.5 Å².